The van der Waals surface area contributed by atoms with Crippen LogP contribution in [0.3, 0.4) is 0 Å². The molecule has 5 heteroatoms. The zero-order valence-electron chi connectivity index (χ0n) is 9.88. The summed E-state index contributed by atoms with van der Waals surface area (Å²) in [6.45, 7) is 0. The maximum Gasteiger partial charge on any atom is 0.163 e. The van der Waals surface area contributed by atoms with Gasteiger partial charge in [0.15, 0.2) is 5.69 Å². The minimum atomic E-state index is -0.925. The first-order chi connectivity index (χ1) is 8.69. The van der Waals surface area contributed by atoms with Crippen LogP contribution in [0.25, 0.3) is 0 Å². The van der Waals surface area contributed by atoms with Crippen LogP contribution in [0.15, 0.2) is 48.5 Å². The molecule has 1 atom stereocenters. The van der Waals surface area contributed by atoms with Gasteiger partial charge in [-0.2, -0.15) is 5.23 Å². The van der Waals surface area contributed by atoms with Gasteiger partial charge in [-0.1, -0.05) is 0 Å². The van der Waals surface area contributed by atoms with Crippen molar-refractivity contribution in [2.24, 2.45) is 0 Å². The Hall–Kier alpha value is -2.08. The average Bonchev–Trinajstić information content (AvgIpc) is 2.40. The lowest BCUT2D eigenvalue weighted by Gasteiger charge is -2.12. The molecule has 3 N–H and O–H groups in total. The summed E-state index contributed by atoms with van der Waals surface area (Å²) in [5.74, 6) is 0.793. The van der Waals surface area contributed by atoms with E-state index in [1.807, 2.05) is 24.3 Å². The number of hydrogen-bond acceptors (Lipinski definition) is 4. The molecule has 0 aliphatic rings. The Balaban J connectivity index is 2.08. The van der Waals surface area contributed by atoms with E-state index in [1.54, 1.807) is 31.4 Å². The Morgan fingerprint density at radius 2 is 1.50 bits per heavy atom. The first-order valence-electron chi connectivity index (χ1n) is 5.43. The van der Waals surface area contributed by atoms with Crippen LogP contribution in [-0.2, 0) is 0 Å². The summed E-state index contributed by atoms with van der Waals surface area (Å²) < 4.78 is 5.07. The maximum absolute atomic E-state index is 10.7. The van der Waals surface area contributed by atoms with Gasteiger partial charge < -0.3 is 15.3 Å². The van der Waals surface area contributed by atoms with E-state index in [0.29, 0.717) is 0 Å². The molecule has 0 amide bonds. The lowest BCUT2D eigenvalue weighted by atomic mass is 10.2. The minimum absolute atomic E-state index is 0.273. The third kappa shape index (κ3) is 2.98. The minimum Gasteiger partial charge on any atom is -0.595 e. The van der Waals surface area contributed by atoms with E-state index in [0.717, 1.165) is 17.1 Å². The number of nitrogens with one attached hydrogen (secondary N) is 2. The second-order valence-electron chi connectivity index (χ2n) is 3.74. The third-order valence-electron chi connectivity index (χ3n) is 2.51. The number of rotatable bonds is 4. The topological polar surface area (TPSA) is 69.0 Å². The fourth-order valence-electron chi connectivity index (χ4n) is 1.54. The van der Waals surface area contributed by atoms with Crippen molar-refractivity contribution in [3.05, 3.63) is 53.7 Å². The quantitative estimate of drug-likeness (QED) is 0.720. The van der Waals surface area contributed by atoms with Gasteiger partial charge in [-0.25, -0.2) is 5.21 Å². The Bertz CT molecular complexity index is 495. The van der Waals surface area contributed by atoms with E-state index < -0.39 is 5.23 Å². The van der Waals surface area contributed by atoms with Gasteiger partial charge in [0.2, 0.25) is 0 Å². The molecule has 0 spiro atoms. The fraction of sp³-hybridized carbons (Fsp3) is 0.0769. The van der Waals surface area contributed by atoms with Crippen LogP contribution in [0.1, 0.15) is 0 Å². The number of hydrogen-bond donors (Lipinski definition) is 3. The fourth-order valence-corrected chi connectivity index (χ4v) is 1.54. The average molecular weight is 246 g/mol. The molecule has 0 aromatic heterocycles. The number of methoxy groups -OCH3 is 1. The van der Waals surface area contributed by atoms with Crippen molar-refractivity contribution >= 4 is 17.1 Å². The zero-order chi connectivity index (χ0) is 13.0. The van der Waals surface area contributed by atoms with Gasteiger partial charge in [-0.15, -0.1) is 0 Å². The highest BCUT2D eigenvalue weighted by Crippen LogP contribution is 2.20. The number of anilines is 2. The highest BCUT2D eigenvalue weighted by atomic mass is 16.8. The van der Waals surface area contributed by atoms with Gasteiger partial charge >= 0.3 is 0 Å². The second kappa shape index (κ2) is 5.50. The number of ether oxygens (including phenoxy) is 1. The van der Waals surface area contributed by atoms with Crippen molar-refractivity contribution < 1.29 is 15.2 Å². The van der Waals surface area contributed by atoms with Crippen molar-refractivity contribution in [3.8, 4) is 5.75 Å². The second-order valence-corrected chi connectivity index (χ2v) is 3.74. The maximum atomic E-state index is 10.7. The zero-order valence-corrected chi connectivity index (χ0v) is 9.88. The molecule has 0 fully saturated rings. The van der Waals surface area contributed by atoms with Crippen LogP contribution in [-0.4, -0.2) is 12.3 Å². The van der Waals surface area contributed by atoms with Gasteiger partial charge in [0.25, 0.3) is 0 Å². The third-order valence-corrected chi connectivity index (χ3v) is 2.51. The van der Waals surface area contributed by atoms with Crippen molar-refractivity contribution in [2.45, 2.75) is 0 Å². The summed E-state index contributed by atoms with van der Waals surface area (Å²) in [5.41, 5.74) is 2.03. The largest absolute Gasteiger partial charge is 0.595 e. The standard InChI is InChI=1S/C13H14N2O3/c1-18-13-8-4-11(5-9-13)14-10-2-6-12(7-3-10)15(16)17/h2-9,14-16H,1H3. The van der Waals surface area contributed by atoms with E-state index >= 15 is 0 Å². The molecular weight excluding hydrogens is 232 g/mol. The molecule has 5 nitrogen and oxygen atoms in total. The number of benzene rings is 2. The predicted octanol–water partition coefficient (Wildman–Crippen LogP) is 1.84. The molecule has 0 radical (unpaired) electrons. The Kier molecular flexibility index (Phi) is 3.78. The molecule has 0 heterocycles. The summed E-state index contributed by atoms with van der Waals surface area (Å²) in [7, 11) is 1.62. The summed E-state index contributed by atoms with van der Waals surface area (Å²) in [6, 6.07) is 14.1. The summed E-state index contributed by atoms with van der Waals surface area (Å²) in [5, 5.41) is 21.7. The number of quaternary nitrogens is 1. The van der Waals surface area contributed by atoms with Crippen molar-refractivity contribution in [3.63, 3.8) is 0 Å². The molecule has 0 aliphatic carbocycles. The van der Waals surface area contributed by atoms with E-state index in [-0.39, 0.29) is 5.69 Å². The highest BCUT2D eigenvalue weighted by Gasteiger charge is 2.00. The first kappa shape index (κ1) is 12.4. The van der Waals surface area contributed by atoms with Crippen LogP contribution < -0.4 is 15.3 Å². The van der Waals surface area contributed by atoms with Crippen LogP contribution in [0.4, 0.5) is 17.1 Å². The van der Waals surface area contributed by atoms with Crippen molar-refractivity contribution in [2.75, 3.05) is 12.4 Å². The molecule has 0 aliphatic heterocycles. The van der Waals surface area contributed by atoms with Crippen LogP contribution in [0.2, 0.25) is 0 Å². The van der Waals surface area contributed by atoms with Gasteiger partial charge in [0.1, 0.15) is 5.75 Å². The molecule has 2 aromatic rings. The SMILES string of the molecule is COc1ccc(Nc2ccc([NH+]([O-])O)cc2)cc1. The predicted molar refractivity (Wildman–Crippen MR) is 68.5 cm³/mol. The summed E-state index contributed by atoms with van der Waals surface area (Å²) in [4.78, 5) is 0. The van der Waals surface area contributed by atoms with Gasteiger partial charge in [0, 0.05) is 23.5 Å². The molecule has 94 valence electrons. The smallest absolute Gasteiger partial charge is 0.163 e. The molecule has 1 unspecified atom stereocenters. The highest BCUT2D eigenvalue weighted by molar-refractivity contribution is 5.61. The molecule has 2 rings (SSSR count). The Labute approximate surface area is 105 Å². The van der Waals surface area contributed by atoms with E-state index in [2.05, 4.69) is 5.32 Å². The summed E-state index contributed by atoms with van der Waals surface area (Å²) in [6.07, 6.45) is 0. The van der Waals surface area contributed by atoms with Gasteiger partial charge in [-0.3, -0.25) is 0 Å². The van der Waals surface area contributed by atoms with Crippen LogP contribution in [0, 0.1) is 5.21 Å². The van der Waals surface area contributed by atoms with Gasteiger partial charge in [0.05, 0.1) is 7.11 Å². The normalized spacial score (nSPS) is 11.9. The molecule has 0 saturated heterocycles. The van der Waals surface area contributed by atoms with E-state index in [9.17, 15) is 5.21 Å². The lowest BCUT2D eigenvalue weighted by Crippen LogP contribution is -2.99. The molecule has 2 aromatic carbocycles. The van der Waals surface area contributed by atoms with Crippen molar-refractivity contribution in [1.82, 2.24) is 0 Å². The van der Waals surface area contributed by atoms with Crippen LogP contribution in [0.5, 0.6) is 5.75 Å². The van der Waals surface area contributed by atoms with Crippen LogP contribution >= 0.6 is 0 Å². The summed E-state index contributed by atoms with van der Waals surface area (Å²) >= 11 is 0. The Morgan fingerprint density at radius 3 is 1.94 bits per heavy atom. The molecular formula is C13H14N2O3. The first-order valence-corrected chi connectivity index (χ1v) is 5.43. The monoisotopic (exact) mass is 246 g/mol. The van der Waals surface area contributed by atoms with Crippen molar-refractivity contribution in [1.29, 1.82) is 0 Å². The van der Waals surface area contributed by atoms with E-state index in [4.69, 9.17) is 9.94 Å². The lowest BCUT2D eigenvalue weighted by molar-refractivity contribution is -0.991. The molecule has 0 saturated carbocycles. The molecule has 18 heavy (non-hydrogen) atoms. The Morgan fingerprint density at radius 1 is 1.00 bits per heavy atom. The van der Waals surface area contributed by atoms with Gasteiger partial charge in [-0.05, 0) is 36.4 Å². The molecule has 0 bridgehead atoms. The van der Waals surface area contributed by atoms with E-state index in [1.165, 1.54) is 0 Å².